The molecule has 1 amide bonds. The van der Waals surface area contributed by atoms with Crippen molar-refractivity contribution in [2.45, 2.75) is 38.2 Å². The lowest BCUT2D eigenvalue weighted by atomic mass is 9.97. The fraction of sp³-hybridized carbons (Fsp3) is 0.360. The lowest BCUT2D eigenvalue weighted by Crippen LogP contribution is -2.40. The second kappa shape index (κ2) is 10.9. The van der Waals surface area contributed by atoms with Gasteiger partial charge < -0.3 is 14.5 Å². The number of aromatic nitrogens is 2. The van der Waals surface area contributed by atoms with Gasteiger partial charge in [-0.2, -0.15) is 0 Å². The first-order valence-corrected chi connectivity index (χ1v) is 13.6. The topological polar surface area (TPSA) is 76.9 Å². The number of ether oxygens (including phenoxy) is 1. The Labute approximate surface area is 228 Å². The predicted octanol–water partition coefficient (Wildman–Crippen LogP) is 6.46. The van der Waals surface area contributed by atoms with Crippen LogP contribution in [0, 0.1) is 6.92 Å². The van der Waals surface area contributed by atoms with Crippen LogP contribution in [0.15, 0.2) is 41.0 Å². The van der Waals surface area contributed by atoms with Crippen molar-refractivity contribution in [3.05, 3.63) is 72.7 Å². The number of aryl methyl sites for hydroxylation is 1. The number of hydrogen-bond acceptors (Lipinski definition) is 7. The van der Waals surface area contributed by atoms with Crippen LogP contribution in [0.5, 0.6) is 5.88 Å². The van der Waals surface area contributed by atoms with Crippen molar-refractivity contribution in [1.82, 2.24) is 14.9 Å². The molecule has 1 unspecified atom stereocenters. The van der Waals surface area contributed by atoms with Gasteiger partial charge in [0.05, 0.1) is 20.7 Å². The summed E-state index contributed by atoms with van der Waals surface area (Å²) < 4.78 is 5.62. The minimum Gasteiger partial charge on any atom is -0.467 e. The highest BCUT2D eigenvalue weighted by atomic mass is 35.5. The standard InChI is InChI=1S/C25H23Cl3N4O3S/c1-14-3-2-6-29-24(14)34-12-22(33)32-7-4-15(5-8-32)25-30-20(13-36-25)19-11-21(35-31-19)23-17(27)9-16(26)10-18(23)28/h2-3,6,9-10,13,15,21H,4-5,7-8,11-12H2,1H3. The molecule has 2 aliphatic rings. The molecule has 0 saturated carbocycles. The molecule has 11 heteroatoms. The van der Waals surface area contributed by atoms with E-state index in [1.54, 1.807) is 29.7 Å². The van der Waals surface area contributed by atoms with Crippen LogP contribution in [0.25, 0.3) is 0 Å². The molecule has 188 valence electrons. The van der Waals surface area contributed by atoms with E-state index in [0.717, 1.165) is 34.8 Å². The summed E-state index contributed by atoms with van der Waals surface area (Å²) >= 11 is 20.3. The third kappa shape index (κ3) is 5.47. The van der Waals surface area contributed by atoms with Gasteiger partial charge in [0.1, 0.15) is 5.71 Å². The third-order valence-electron chi connectivity index (χ3n) is 6.34. The zero-order valence-electron chi connectivity index (χ0n) is 19.4. The van der Waals surface area contributed by atoms with E-state index in [2.05, 4.69) is 10.1 Å². The summed E-state index contributed by atoms with van der Waals surface area (Å²) in [5.74, 6) is 0.768. The van der Waals surface area contributed by atoms with Crippen molar-refractivity contribution in [2.24, 2.45) is 5.16 Å². The molecule has 0 spiro atoms. The van der Waals surface area contributed by atoms with E-state index in [-0.39, 0.29) is 18.6 Å². The number of rotatable bonds is 6. The summed E-state index contributed by atoms with van der Waals surface area (Å²) in [5.41, 5.74) is 3.15. The first-order valence-electron chi connectivity index (χ1n) is 11.5. The van der Waals surface area contributed by atoms with Gasteiger partial charge >= 0.3 is 0 Å². The van der Waals surface area contributed by atoms with Gasteiger partial charge in [-0.05, 0) is 38.0 Å². The highest BCUT2D eigenvalue weighted by Crippen LogP contribution is 2.40. The number of carbonyl (C=O) groups excluding carboxylic acids is 1. The summed E-state index contributed by atoms with van der Waals surface area (Å²) in [6.45, 7) is 3.24. The average Bonchev–Trinajstić information content (AvgIpc) is 3.53. The van der Waals surface area contributed by atoms with Crippen LogP contribution in [0.4, 0.5) is 0 Å². The van der Waals surface area contributed by atoms with E-state index >= 15 is 0 Å². The molecule has 1 saturated heterocycles. The van der Waals surface area contributed by atoms with Crippen molar-refractivity contribution in [3.63, 3.8) is 0 Å². The summed E-state index contributed by atoms with van der Waals surface area (Å²) in [5, 5.41) is 8.69. The SMILES string of the molecule is Cc1cccnc1OCC(=O)N1CCC(c2nc(C3=NOC(c4c(Cl)cc(Cl)cc4Cl)C3)cs2)CC1. The third-order valence-corrected chi connectivity index (χ3v) is 8.19. The van der Waals surface area contributed by atoms with Crippen LogP contribution in [-0.2, 0) is 9.63 Å². The Balaban J connectivity index is 1.15. The van der Waals surface area contributed by atoms with Crippen molar-refractivity contribution in [1.29, 1.82) is 0 Å². The largest absolute Gasteiger partial charge is 0.467 e. The highest BCUT2D eigenvalue weighted by Gasteiger charge is 2.31. The molecule has 1 aromatic carbocycles. The number of pyridine rings is 1. The number of likely N-dealkylation sites (tertiary alicyclic amines) is 1. The Bertz CT molecular complexity index is 1280. The first-order chi connectivity index (χ1) is 17.4. The Kier molecular flexibility index (Phi) is 7.67. The fourth-order valence-electron chi connectivity index (χ4n) is 4.37. The second-order valence-electron chi connectivity index (χ2n) is 8.76. The molecule has 5 rings (SSSR count). The molecule has 0 radical (unpaired) electrons. The number of benzene rings is 1. The number of hydrogen-bond donors (Lipinski definition) is 0. The van der Waals surface area contributed by atoms with Gasteiger partial charge in [-0.3, -0.25) is 4.79 Å². The maximum atomic E-state index is 12.6. The van der Waals surface area contributed by atoms with Gasteiger partial charge in [-0.15, -0.1) is 11.3 Å². The molecule has 1 atom stereocenters. The number of amides is 1. The number of nitrogens with zero attached hydrogens (tertiary/aromatic N) is 4. The lowest BCUT2D eigenvalue weighted by Gasteiger charge is -2.31. The molecule has 0 N–H and O–H groups in total. The molecule has 36 heavy (non-hydrogen) atoms. The Morgan fingerprint density at radius 2 is 1.97 bits per heavy atom. The fourth-order valence-corrected chi connectivity index (χ4v) is 6.43. The van der Waals surface area contributed by atoms with Crippen LogP contribution in [0.2, 0.25) is 15.1 Å². The Morgan fingerprint density at radius 1 is 1.22 bits per heavy atom. The minimum absolute atomic E-state index is 0.00738. The highest BCUT2D eigenvalue weighted by molar-refractivity contribution is 7.10. The van der Waals surface area contributed by atoms with Crippen molar-refractivity contribution in [3.8, 4) is 5.88 Å². The van der Waals surface area contributed by atoms with E-state index in [0.29, 0.717) is 51.9 Å². The second-order valence-corrected chi connectivity index (χ2v) is 10.9. The summed E-state index contributed by atoms with van der Waals surface area (Å²) in [6, 6.07) is 7.05. The van der Waals surface area contributed by atoms with Crippen LogP contribution < -0.4 is 4.74 Å². The van der Waals surface area contributed by atoms with E-state index in [1.807, 2.05) is 29.3 Å². The maximum absolute atomic E-state index is 12.6. The smallest absolute Gasteiger partial charge is 0.260 e. The van der Waals surface area contributed by atoms with Gasteiger partial charge in [-0.1, -0.05) is 46.0 Å². The normalized spacial score (nSPS) is 18.2. The van der Waals surface area contributed by atoms with E-state index in [4.69, 9.17) is 49.4 Å². The molecular weight excluding hydrogens is 543 g/mol. The Hall–Kier alpha value is -2.39. The molecule has 3 aromatic rings. The van der Waals surface area contributed by atoms with Gasteiger partial charge in [0, 0.05) is 53.2 Å². The van der Waals surface area contributed by atoms with Crippen LogP contribution in [-0.4, -0.2) is 46.2 Å². The predicted molar refractivity (Wildman–Crippen MR) is 142 cm³/mol. The molecular formula is C25H23Cl3N4O3S. The number of carbonyl (C=O) groups is 1. The van der Waals surface area contributed by atoms with Crippen molar-refractivity contribution >= 4 is 57.8 Å². The Morgan fingerprint density at radius 3 is 2.69 bits per heavy atom. The van der Waals surface area contributed by atoms with Crippen LogP contribution >= 0.6 is 46.1 Å². The van der Waals surface area contributed by atoms with Gasteiger partial charge in [-0.25, -0.2) is 9.97 Å². The molecule has 2 aliphatic heterocycles. The zero-order valence-corrected chi connectivity index (χ0v) is 22.5. The first kappa shape index (κ1) is 25.3. The average molecular weight is 566 g/mol. The lowest BCUT2D eigenvalue weighted by molar-refractivity contribution is -0.134. The minimum atomic E-state index is -0.381. The van der Waals surface area contributed by atoms with Crippen LogP contribution in [0.1, 0.15) is 53.1 Å². The quantitative estimate of drug-likeness (QED) is 0.343. The number of halogens is 3. The number of oxime groups is 1. The molecule has 1 fully saturated rings. The van der Waals surface area contributed by atoms with Gasteiger partial charge in [0.15, 0.2) is 12.7 Å². The molecule has 0 aliphatic carbocycles. The van der Waals surface area contributed by atoms with E-state index in [9.17, 15) is 4.79 Å². The number of piperidine rings is 1. The molecule has 4 heterocycles. The van der Waals surface area contributed by atoms with E-state index in [1.165, 1.54) is 0 Å². The molecule has 0 bridgehead atoms. The van der Waals surface area contributed by atoms with Gasteiger partial charge in [0.2, 0.25) is 5.88 Å². The summed E-state index contributed by atoms with van der Waals surface area (Å²) in [7, 11) is 0. The summed E-state index contributed by atoms with van der Waals surface area (Å²) in [4.78, 5) is 29.1. The van der Waals surface area contributed by atoms with Crippen LogP contribution in [0.3, 0.4) is 0 Å². The van der Waals surface area contributed by atoms with Gasteiger partial charge in [0.25, 0.3) is 5.91 Å². The molecule has 7 nitrogen and oxygen atoms in total. The molecule has 2 aromatic heterocycles. The maximum Gasteiger partial charge on any atom is 0.260 e. The summed E-state index contributed by atoms with van der Waals surface area (Å²) in [6.07, 6.45) is 3.50. The van der Waals surface area contributed by atoms with Crippen molar-refractivity contribution < 1.29 is 14.4 Å². The van der Waals surface area contributed by atoms with E-state index < -0.39 is 0 Å². The zero-order chi connectivity index (χ0) is 25.2. The van der Waals surface area contributed by atoms with Crippen molar-refractivity contribution in [2.75, 3.05) is 19.7 Å². The monoisotopic (exact) mass is 564 g/mol. The number of thiazole rings is 1.